The number of pyridine rings is 1. The molecule has 154 valence electrons. The molecule has 1 amide bonds. The summed E-state index contributed by atoms with van der Waals surface area (Å²) in [6.07, 6.45) is 4.77. The summed E-state index contributed by atoms with van der Waals surface area (Å²) >= 11 is 0. The molecule has 9 nitrogen and oxygen atoms in total. The maximum Gasteiger partial charge on any atom is 0.410 e. The molecular formula is C20H25N5O4. The van der Waals surface area contributed by atoms with Gasteiger partial charge in [-0.3, -0.25) is 4.98 Å². The van der Waals surface area contributed by atoms with Crippen LogP contribution in [-0.2, 0) is 16.1 Å². The average molecular weight is 399 g/mol. The van der Waals surface area contributed by atoms with Gasteiger partial charge < -0.3 is 23.9 Å². The van der Waals surface area contributed by atoms with Gasteiger partial charge in [0.2, 0.25) is 0 Å². The first-order chi connectivity index (χ1) is 13.9. The Bertz CT molecular complexity index is 949. The number of carbonyl (C=O) groups is 1. The molecule has 1 fully saturated rings. The second kappa shape index (κ2) is 7.82. The van der Waals surface area contributed by atoms with E-state index in [4.69, 9.17) is 14.0 Å². The van der Waals surface area contributed by atoms with Crippen LogP contribution in [0.4, 0.5) is 4.79 Å². The molecule has 0 aromatic carbocycles. The number of hydrogen-bond acceptors (Lipinski definition) is 7. The summed E-state index contributed by atoms with van der Waals surface area (Å²) in [6.45, 7) is 7.09. The van der Waals surface area contributed by atoms with E-state index in [1.165, 1.54) is 0 Å². The number of ether oxygens (including phenoxy) is 2. The molecule has 0 aliphatic carbocycles. The zero-order valence-electron chi connectivity index (χ0n) is 16.8. The van der Waals surface area contributed by atoms with Gasteiger partial charge in [0.05, 0.1) is 17.8 Å². The van der Waals surface area contributed by atoms with Crippen molar-refractivity contribution in [2.75, 3.05) is 13.1 Å². The summed E-state index contributed by atoms with van der Waals surface area (Å²) in [5.41, 5.74) is 1.18. The molecule has 0 spiro atoms. The SMILES string of the molecule is CC(C)(C)OC(=O)N1CCC(OCc2noc(-c3cc4ccncc4[nH]3)n2)CC1. The van der Waals surface area contributed by atoms with Gasteiger partial charge in [-0.15, -0.1) is 0 Å². The lowest BCUT2D eigenvalue weighted by Gasteiger charge is -2.33. The van der Waals surface area contributed by atoms with E-state index in [1.54, 1.807) is 17.3 Å². The Balaban J connectivity index is 1.28. The standard InChI is InChI=1S/C20H25N5O4/c1-20(2,3)28-19(26)25-8-5-14(6-9-25)27-12-17-23-18(29-24-17)15-10-13-4-7-21-11-16(13)22-15/h4,7,10-11,14,22H,5-6,8-9,12H2,1-3H3. The number of nitrogens with one attached hydrogen (secondary N) is 1. The van der Waals surface area contributed by atoms with Crippen molar-refractivity contribution in [1.29, 1.82) is 0 Å². The first-order valence-corrected chi connectivity index (χ1v) is 9.72. The summed E-state index contributed by atoms with van der Waals surface area (Å²) in [7, 11) is 0. The van der Waals surface area contributed by atoms with Crippen LogP contribution >= 0.6 is 0 Å². The molecule has 9 heteroatoms. The van der Waals surface area contributed by atoms with E-state index in [9.17, 15) is 4.79 Å². The summed E-state index contributed by atoms with van der Waals surface area (Å²) in [5, 5.41) is 5.03. The number of H-pyrrole nitrogens is 1. The molecule has 0 bridgehead atoms. The van der Waals surface area contributed by atoms with Crippen LogP contribution < -0.4 is 0 Å². The molecule has 0 radical (unpaired) electrons. The van der Waals surface area contributed by atoms with Crippen molar-refractivity contribution in [3.8, 4) is 11.6 Å². The lowest BCUT2D eigenvalue weighted by atomic mass is 10.1. The van der Waals surface area contributed by atoms with Gasteiger partial charge in [0.25, 0.3) is 5.89 Å². The third-order valence-electron chi connectivity index (χ3n) is 4.66. The summed E-state index contributed by atoms with van der Waals surface area (Å²) in [4.78, 5) is 25.6. The Morgan fingerprint density at radius 2 is 2.14 bits per heavy atom. The highest BCUT2D eigenvalue weighted by atomic mass is 16.6. The van der Waals surface area contributed by atoms with Crippen molar-refractivity contribution in [1.82, 2.24) is 25.0 Å². The quantitative estimate of drug-likeness (QED) is 0.715. The summed E-state index contributed by atoms with van der Waals surface area (Å²) < 4.78 is 16.7. The fourth-order valence-corrected chi connectivity index (χ4v) is 3.23. The van der Waals surface area contributed by atoms with Gasteiger partial charge in [-0.1, -0.05) is 5.16 Å². The first kappa shape index (κ1) is 19.4. The number of piperidine rings is 1. The molecule has 0 atom stereocenters. The summed E-state index contributed by atoms with van der Waals surface area (Å²) in [6, 6.07) is 3.86. The zero-order valence-corrected chi connectivity index (χ0v) is 16.8. The van der Waals surface area contributed by atoms with Crippen LogP contribution in [0.5, 0.6) is 0 Å². The van der Waals surface area contributed by atoms with Crippen molar-refractivity contribution >= 4 is 17.0 Å². The van der Waals surface area contributed by atoms with Crippen LogP contribution in [0.3, 0.4) is 0 Å². The molecule has 1 N–H and O–H groups in total. The molecule has 4 heterocycles. The minimum atomic E-state index is -0.484. The van der Waals surface area contributed by atoms with Crippen molar-refractivity contribution in [3.05, 3.63) is 30.4 Å². The lowest BCUT2D eigenvalue weighted by Crippen LogP contribution is -2.43. The van der Waals surface area contributed by atoms with Gasteiger partial charge in [-0.05, 0) is 45.7 Å². The molecular weight excluding hydrogens is 374 g/mol. The van der Waals surface area contributed by atoms with E-state index in [0.29, 0.717) is 24.8 Å². The Hall–Kier alpha value is -2.94. The Morgan fingerprint density at radius 1 is 1.34 bits per heavy atom. The number of likely N-dealkylation sites (tertiary alicyclic amines) is 1. The van der Waals surface area contributed by atoms with Gasteiger partial charge in [0.15, 0.2) is 5.82 Å². The summed E-state index contributed by atoms with van der Waals surface area (Å²) in [5.74, 6) is 0.908. The zero-order chi connectivity index (χ0) is 20.4. The third-order valence-corrected chi connectivity index (χ3v) is 4.66. The molecule has 0 saturated carbocycles. The van der Waals surface area contributed by atoms with Crippen LogP contribution in [0, 0.1) is 0 Å². The normalized spacial score (nSPS) is 15.8. The number of aromatic nitrogens is 4. The predicted molar refractivity (Wildman–Crippen MR) is 105 cm³/mol. The Kier molecular flexibility index (Phi) is 5.23. The maximum atomic E-state index is 12.1. The Morgan fingerprint density at radius 3 is 2.86 bits per heavy atom. The fourth-order valence-electron chi connectivity index (χ4n) is 3.23. The van der Waals surface area contributed by atoms with Gasteiger partial charge in [0.1, 0.15) is 17.9 Å². The van der Waals surface area contributed by atoms with Gasteiger partial charge in [-0.25, -0.2) is 4.79 Å². The number of rotatable bonds is 4. The first-order valence-electron chi connectivity index (χ1n) is 9.72. The van der Waals surface area contributed by atoms with Crippen LogP contribution in [0.2, 0.25) is 0 Å². The van der Waals surface area contributed by atoms with E-state index < -0.39 is 5.60 Å². The average Bonchev–Trinajstić information content (AvgIpc) is 3.32. The molecule has 0 unspecified atom stereocenters. The van der Waals surface area contributed by atoms with Crippen molar-refractivity contribution in [2.24, 2.45) is 0 Å². The number of aromatic amines is 1. The van der Waals surface area contributed by atoms with Gasteiger partial charge >= 0.3 is 6.09 Å². The maximum absolute atomic E-state index is 12.1. The number of carbonyl (C=O) groups excluding carboxylic acids is 1. The van der Waals surface area contributed by atoms with Crippen LogP contribution in [0.25, 0.3) is 22.5 Å². The van der Waals surface area contributed by atoms with Crippen LogP contribution in [0.1, 0.15) is 39.4 Å². The number of nitrogens with zero attached hydrogens (tertiary/aromatic N) is 4. The molecule has 1 saturated heterocycles. The van der Waals surface area contributed by atoms with Crippen molar-refractivity contribution < 1.29 is 18.8 Å². The molecule has 4 rings (SSSR count). The highest BCUT2D eigenvalue weighted by molar-refractivity contribution is 5.83. The minimum Gasteiger partial charge on any atom is -0.444 e. The van der Waals surface area contributed by atoms with Crippen LogP contribution in [0.15, 0.2) is 29.0 Å². The lowest BCUT2D eigenvalue weighted by molar-refractivity contribution is -0.0190. The fraction of sp³-hybridized carbons (Fsp3) is 0.500. The van der Waals surface area contributed by atoms with Crippen molar-refractivity contribution in [3.63, 3.8) is 0 Å². The second-order valence-electron chi connectivity index (χ2n) is 8.14. The number of hydrogen-bond donors (Lipinski definition) is 1. The molecule has 3 aromatic rings. The van der Waals surface area contributed by atoms with E-state index in [2.05, 4.69) is 20.1 Å². The van der Waals surface area contributed by atoms with Crippen LogP contribution in [-0.4, -0.2) is 55.9 Å². The second-order valence-corrected chi connectivity index (χ2v) is 8.14. The predicted octanol–water partition coefficient (Wildman–Crippen LogP) is 3.53. The monoisotopic (exact) mass is 399 g/mol. The van der Waals surface area contributed by atoms with Gasteiger partial charge in [0, 0.05) is 24.7 Å². The minimum absolute atomic E-state index is 0.0507. The largest absolute Gasteiger partial charge is 0.444 e. The molecule has 1 aliphatic heterocycles. The smallest absolute Gasteiger partial charge is 0.410 e. The van der Waals surface area contributed by atoms with Crippen molar-refractivity contribution in [2.45, 2.75) is 51.9 Å². The Labute approximate surface area is 168 Å². The van der Waals surface area contributed by atoms with E-state index in [1.807, 2.05) is 32.9 Å². The van der Waals surface area contributed by atoms with Gasteiger partial charge in [-0.2, -0.15) is 4.98 Å². The molecule has 3 aromatic heterocycles. The molecule has 1 aliphatic rings. The molecule has 29 heavy (non-hydrogen) atoms. The topological polar surface area (TPSA) is 106 Å². The highest BCUT2D eigenvalue weighted by Gasteiger charge is 2.27. The third kappa shape index (κ3) is 4.73. The van der Waals surface area contributed by atoms with E-state index >= 15 is 0 Å². The van der Waals surface area contributed by atoms with E-state index in [0.717, 1.165) is 29.4 Å². The van der Waals surface area contributed by atoms with E-state index in [-0.39, 0.29) is 18.8 Å². The number of fused-ring (bicyclic) bond motifs is 1. The highest BCUT2D eigenvalue weighted by Crippen LogP contribution is 2.23. The number of amides is 1.